The van der Waals surface area contributed by atoms with Crippen LogP contribution in [0.15, 0.2) is 0 Å². The Kier molecular flexibility index (Phi) is 8.28. The van der Waals surface area contributed by atoms with Crippen LogP contribution < -0.4 is 0 Å². The minimum atomic E-state index is -0.939. The number of amides is 3. The number of esters is 1. The van der Waals surface area contributed by atoms with Crippen molar-refractivity contribution < 1.29 is 38.1 Å². The summed E-state index contributed by atoms with van der Waals surface area (Å²) >= 11 is 0. The zero-order valence-electron chi connectivity index (χ0n) is 21.9. The van der Waals surface area contributed by atoms with Gasteiger partial charge >= 0.3 is 18.2 Å². The van der Waals surface area contributed by atoms with Crippen LogP contribution in [0.25, 0.3) is 0 Å². The van der Waals surface area contributed by atoms with Crippen molar-refractivity contribution in [3.05, 3.63) is 0 Å². The second kappa shape index (κ2) is 10.1. The summed E-state index contributed by atoms with van der Waals surface area (Å²) in [6.45, 7) is 16.2. The maximum Gasteiger partial charge on any atom is 0.416 e. The molecule has 2 heterocycles. The highest BCUT2D eigenvalue weighted by molar-refractivity contribution is 5.95. The minimum Gasteiger partial charge on any atom is -0.460 e. The summed E-state index contributed by atoms with van der Waals surface area (Å²) in [5, 5.41) is 0. The number of ether oxygens (including phenoxy) is 4. The van der Waals surface area contributed by atoms with E-state index in [0.29, 0.717) is 0 Å². The molecule has 2 rings (SSSR count). The molecule has 0 radical (unpaired) electrons. The largest absolute Gasteiger partial charge is 0.460 e. The van der Waals surface area contributed by atoms with Gasteiger partial charge in [0.05, 0.1) is 18.7 Å². The summed E-state index contributed by atoms with van der Waals surface area (Å²) in [6, 6.07) is -0.895. The Balaban J connectivity index is 2.25. The van der Waals surface area contributed by atoms with Crippen molar-refractivity contribution in [2.75, 3.05) is 13.2 Å². The lowest BCUT2D eigenvalue weighted by Gasteiger charge is -2.36. The Labute approximate surface area is 202 Å². The molecule has 0 aromatic carbocycles. The first-order valence-electron chi connectivity index (χ1n) is 11.8. The maximum absolute atomic E-state index is 13.4. The fraction of sp³-hybridized carbons (Fsp3) is 0.833. The summed E-state index contributed by atoms with van der Waals surface area (Å²) in [5.41, 5.74) is -2.30. The predicted molar refractivity (Wildman–Crippen MR) is 123 cm³/mol. The van der Waals surface area contributed by atoms with E-state index < -0.39 is 59.0 Å². The van der Waals surface area contributed by atoms with Crippen LogP contribution >= 0.6 is 0 Å². The number of carbonyl (C=O) groups excluding carboxylic acids is 4. The van der Waals surface area contributed by atoms with E-state index in [2.05, 4.69) is 0 Å². The van der Waals surface area contributed by atoms with Crippen LogP contribution in [0, 0.1) is 5.92 Å². The van der Waals surface area contributed by atoms with Crippen LogP contribution in [0.4, 0.5) is 9.59 Å². The van der Waals surface area contributed by atoms with E-state index in [1.54, 1.807) is 62.3 Å². The quantitative estimate of drug-likeness (QED) is 0.413. The molecule has 0 saturated carbocycles. The molecule has 10 nitrogen and oxygen atoms in total. The Morgan fingerprint density at radius 3 is 2.15 bits per heavy atom. The van der Waals surface area contributed by atoms with Gasteiger partial charge in [-0.25, -0.2) is 14.5 Å². The second-order valence-corrected chi connectivity index (χ2v) is 11.5. The van der Waals surface area contributed by atoms with Crippen LogP contribution in [0.1, 0.15) is 81.6 Å². The van der Waals surface area contributed by atoms with Crippen molar-refractivity contribution in [1.29, 1.82) is 0 Å². The third-order valence-corrected chi connectivity index (χ3v) is 5.51. The van der Waals surface area contributed by atoms with Gasteiger partial charge in [0.2, 0.25) is 5.91 Å². The minimum absolute atomic E-state index is 0.00560. The van der Waals surface area contributed by atoms with E-state index in [1.165, 1.54) is 4.90 Å². The number of rotatable bonds is 6. The summed E-state index contributed by atoms with van der Waals surface area (Å²) in [4.78, 5) is 53.6. The van der Waals surface area contributed by atoms with Gasteiger partial charge < -0.3 is 18.9 Å². The lowest BCUT2D eigenvalue weighted by Crippen LogP contribution is -2.51. The fourth-order valence-electron chi connectivity index (χ4n) is 4.11. The van der Waals surface area contributed by atoms with Gasteiger partial charge in [-0.3, -0.25) is 14.5 Å². The second-order valence-electron chi connectivity index (χ2n) is 11.5. The Morgan fingerprint density at radius 2 is 1.65 bits per heavy atom. The molecule has 0 aliphatic carbocycles. The van der Waals surface area contributed by atoms with Crippen LogP contribution in [0.3, 0.4) is 0 Å². The highest BCUT2D eigenvalue weighted by Gasteiger charge is 2.48. The molecular weight excluding hydrogens is 444 g/mol. The predicted octanol–water partition coefficient (Wildman–Crippen LogP) is 3.85. The van der Waals surface area contributed by atoms with Crippen LogP contribution in [-0.2, 0) is 28.5 Å². The molecule has 2 aliphatic heterocycles. The standard InChI is InChI=1S/C24H40N2O8/c1-15-13-31-20(29)25(15)19(28)16(10-11-18(27)33-22(2,3)4)12-17-14-32-24(8,9)26(17)21(30)34-23(5,6)7/h15-17H,10-14H2,1-9H3/t15-,16+,17?/m1/s1. The summed E-state index contributed by atoms with van der Waals surface area (Å²) in [6.07, 6.45) is -0.905. The molecule has 3 atom stereocenters. The van der Waals surface area contributed by atoms with Crippen molar-refractivity contribution in [1.82, 2.24) is 9.80 Å². The van der Waals surface area contributed by atoms with Gasteiger partial charge in [0.15, 0.2) is 0 Å². The highest BCUT2D eigenvalue weighted by Crippen LogP contribution is 2.34. The Bertz CT molecular complexity index is 796. The smallest absolute Gasteiger partial charge is 0.416 e. The van der Waals surface area contributed by atoms with E-state index in [9.17, 15) is 19.2 Å². The van der Waals surface area contributed by atoms with Crippen LogP contribution in [0.5, 0.6) is 0 Å². The van der Waals surface area contributed by atoms with Crippen LogP contribution in [-0.4, -0.2) is 76.1 Å². The third kappa shape index (κ3) is 7.32. The number of nitrogens with zero attached hydrogens (tertiary/aromatic N) is 2. The van der Waals surface area contributed by atoms with Crippen molar-refractivity contribution in [3.8, 4) is 0 Å². The molecule has 34 heavy (non-hydrogen) atoms. The molecule has 0 N–H and O–H groups in total. The first-order valence-corrected chi connectivity index (χ1v) is 11.8. The average molecular weight is 485 g/mol. The van der Waals surface area contributed by atoms with E-state index in [1.807, 2.05) is 0 Å². The number of hydrogen-bond donors (Lipinski definition) is 0. The summed E-state index contributed by atoms with van der Waals surface area (Å²) < 4.78 is 21.8. The molecule has 1 unspecified atom stereocenters. The van der Waals surface area contributed by atoms with E-state index in [-0.39, 0.29) is 32.5 Å². The number of cyclic esters (lactones) is 1. The maximum atomic E-state index is 13.4. The van der Waals surface area contributed by atoms with Gasteiger partial charge in [-0.1, -0.05) is 0 Å². The van der Waals surface area contributed by atoms with Gasteiger partial charge in [-0.2, -0.15) is 0 Å². The zero-order chi connectivity index (χ0) is 26.1. The van der Waals surface area contributed by atoms with Gasteiger partial charge in [0, 0.05) is 12.3 Å². The normalized spacial score (nSPS) is 23.5. The molecular formula is C24H40N2O8. The zero-order valence-corrected chi connectivity index (χ0v) is 21.9. The van der Waals surface area contributed by atoms with Crippen molar-refractivity contribution in [3.63, 3.8) is 0 Å². The number of hydrogen-bond acceptors (Lipinski definition) is 8. The van der Waals surface area contributed by atoms with E-state index in [4.69, 9.17) is 18.9 Å². The molecule has 2 fully saturated rings. The first-order chi connectivity index (χ1) is 15.4. The Hall–Kier alpha value is -2.36. The highest BCUT2D eigenvalue weighted by atomic mass is 16.6. The van der Waals surface area contributed by atoms with Gasteiger partial charge in [-0.05, 0) is 75.2 Å². The number of imide groups is 1. The lowest BCUT2D eigenvalue weighted by molar-refractivity contribution is -0.155. The number of carbonyl (C=O) groups is 4. The molecule has 0 aromatic heterocycles. The Morgan fingerprint density at radius 1 is 1.06 bits per heavy atom. The molecule has 3 amide bonds. The van der Waals surface area contributed by atoms with E-state index >= 15 is 0 Å². The molecule has 0 bridgehead atoms. The average Bonchev–Trinajstić information content (AvgIpc) is 3.12. The van der Waals surface area contributed by atoms with Gasteiger partial charge in [0.25, 0.3) is 0 Å². The monoisotopic (exact) mass is 484 g/mol. The van der Waals surface area contributed by atoms with Crippen LogP contribution in [0.2, 0.25) is 0 Å². The molecule has 0 aromatic rings. The molecule has 194 valence electrons. The lowest BCUT2D eigenvalue weighted by atomic mass is 9.92. The van der Waals surface area contributed by atoms with Crippen molar-refractivity contribution in [2.45, 2.75) is 111 Å². The topological polar surface area (TPSA) is 112 Å². The van der Waals surface area contributed by atoms with Crippen molar-refractivity contribution in [2.24, 2.45) is 5.92 Å². The van der Waals surface area contributed by atoms with Gasteiger partial charge in [-0.15, -0.1) is 0 Å². The SMILES string of the molecule is C[C@@H]1COC(=O)N1C(=O)[C@@H](CCC(=O)OC(C)(C)C)CC1COC(C)(C)N1C(=O)OC(C)(C)C. The molecule has 2 saturated heterocycles. The molecule has 10 heteroatoms. The summed E-state index contributed by atoms with van der Waals surface area (Å²) in [7, 11) is 0. The summed E-state index contributed by atoms with van der Waals surface area (Å²) in [5.74, 6) is -1.60. The van der Waals surface area contributed by atoms with E-state index in [0.717, 1.165) is 4.90 Å². The van der Waals surface area contributed by atoms with Crippen molar-refractivity contribution >= 4 is 24.1 Å². The third-order valence-electron chi connectivity index (χ3n) is 5.51. The molecule has 0 spiro atoms. The molecule has 2 aliphatic rings. The van der Waals surface area contributed by atoms with Gasteiger partial charge in [0.1, 0.15) is 23.5 Å². The fourth-order valence-corrected chi connectivity index (χ4v) is 4.11. The first kappa shape index (κ1) is 27.9.